The molecule has 0 spiro atoms. The maximum Gasteiger partial charge on any atom is 0.491 e. The molecule has 102 valence electrons. The Morgan fingerprint density at radius 3 is 2.84 bits per heavy atom. The van der Waals surface area contributed by atoms with E-state index in [1.165, 1.54) is 0 Å². The highest BCUT2D eigenvalue weighted by atomic mass is 16.5. The third-order valence-electron chi connectivity index (χ3n) is 4.03. The average molecular weight is 261 g/mol. The number of hydrogen-bond acceptors (Lipinski definition) is 3. The lowest BCUT2D eigenvalue weighted by molar-refractivity contribution is -0.124. The fourth-order valence-corrected chi connectivity index (χ4v) is 2.04. The number of hydrogen-bond donors (Lipinski definition) is 2. The molecule has 1 aliphatic rings. The molecule has 0 unspecified atom stereocenters. The van der Waals surface area contributed by atoms with Crippen LogP contribution in [0.1, 0.15) is 38.3 Å². The van der Waals surface area contributed by atoms with Crippen LogP contribution in [-0.2, 0) is 16.1 Å². The first-order valence-corrected chi connectivity index (χ1v) is 6.60. The van der Waals surface area contributed by atoms with E-state index >= 15 is 0 Å². The molecule has 0 saturated carbocycles. The van der Waals surface area contributed by atoms with E-state index in [0.717, 1.165) is 28.7 Å². The lowest BCUT2D eigenvalue weighted by Gasteiger charge is -2.22. The van der Waals surface area contributed by atoms with Crippen molar-refractivity contribution in [3.63, 3.8) is 0 Å². The van der Waals surface area contributed by atoms with Gasteiger partial charge in [0.15, 0.2) is 0 Å². The monoisotopic (exact) mass is 261 g/mol. The Hall–Kier alpha value is -1.33. The van der Waals surface area contributed by atoms with Crippen LogP contribution in [-0.4, -0.2) is 18.0 Å². The molecule has 1 heterocycles. The Balaban J connectivity index is 2.26. The summed E-state index contributed by atoms with van der Waals surface area (Å²) in [6.45, 7) is 8.19. The number of fused-ring (bicyclic) bond motifs is 1. The number of rotatable bonds is 3. The molecule has 1 aromatic rings. The fourth-order valence-electron chi connectivity index (χ4n) is 2.04. The number of benzene rings is 1. The first kappa shape index (κ1) is 14.1. The molecule has 0 bridgehead atoms. The highest BCUT2D eigenvalue weighted by molar-refractivity contribution is 6.61. The third kappa shape index (κ3) is 2.53. The molecule has 0 aliphatic carbocycles. The van der Waals surface area contributed by atoms with Crippen LogP contribution in [0, 0.1) is 12.3 Å². The van der Waals surface area contributed by atoms with Gasteiger partial charge in [-0.2, -0.15) is 0 Å². The molecule has 0 radical (unpaired) electrons. The van der Waals surface area contributed by atoms with Gasteiger partial charge in [-0.3, -0.25) is 4.79 Å². The zero-order valence-electron chi connectivity index (χ0n) is 11.9. The van der Waals surface area contributed by atoms with Crippen LogP contribution in [0.4, 0.5) is 5.69 Å². The van der Waals surface area contributed by atoms with Gasteiger partial charge < -0.3 is 15.0 Å². The predicted molar refractivity (Wildman–Crippen MR) is 76.3 cm³/mol. The molecule has 0 fully saturated rings. The van der Waals surface area contributed by atoms with E-state index in [2.05, 4.69) is 5.32 Å². The lowest BCUT2D eigenvalue weighted by atomic mass is 9.78. The van der Waals surface area contributed by atoms with Crippen molar-refractivity contribution in [2.45, 2.75) is 40.7 Å². The van der Waals surface area contributed by atoms with Crippen molar-refractivity contribution in [3.05, 3.63) is 23.3 Å². The molecule has 1 amide bonds. The molecule has 1 aliphatic heterocycles. The van der Waals surface area contributed by atoms with Crippen molar-refractivity contribution in [2.75, 3.05) is 5.32 Å². The second-order valence-corrected chi connectivity index (χ2v) is 5.66. The van der Waals surface area contributed by atoms with Crippen LogP contribution in [0.3, 0.4) is 0 Å². The van der Waals surface area contributed by atoms with Crippen molar-refractivity contribution in [1.29, 1.82) is 0 Å². The molecule has 0 aromatic heterocycles. The molecule has 0 saturated heterocycles. The Morgan fingerprint density at radius 1 is 1.53 bits per heavy atom. The van der Waals surface area contributed by atoms with Crippen LogP contribution < -0.4 is 10.8 Å². The summed E-state index contributed by atoms with van der Waals surface area (Å²) >= 11 is 0. The van der Waals surface area contributed by atoms with Crippen LogP contribution in [0.5, 0.6) is 0 Å². The molecule has 5 heteroatoms. The van der Waals surface area contributed by atoms with Gasteiger partial charge in [-0.15, -0.1) is 0 Å². The third-order valence-corrected chi connectivity index (χ3v) is 4.03. The molecule has 19 heavy (non-hydrogen) atoms. The Kier molecular flexibility index (Phi) is 3.70. The molecule has 2 rings (SSSR count). The first-order chi connectivity index (χ1) is 8.86. The van der Waals surface area contributed by atoms with E-state index in [4.69, 9.17) is 4.65 Å². The van der Waals surface area contributed by atoms with Crippen LogP contribution in [0.25, 0.3) is 0 Å². The van der Waals surface area contributed by atoms with Gasteiger partial charge in [-0.25, -0.2) is 0 Å². The number of amides is 1. The standard InChI is InChI=1S/C14H20BNO3/c1-5-14(3,4)13(17)16-12-7-6-11-10(9(12)2)8-19-15(11)18/h6-7,18H,5,8H2,1-4H3,(H,16,17). The van der Waals surface area contributed by atoms with Gasteiger partial charge >= 0.3 is 7.12 Å². The van der Waals surface area contributed by atoms with E-state index in [1.54, 1.807) is 0 Å². The normalized spacial score (nSPS) is 14.5. The Morgan fingerprint density at radius 2 is 2.21 bits per heavy atom. The summed E-state index contributed by atoms with van der Waals surface area (Å²) in [5.74, 6) is 0.0116. The Bertz CT molecular complexity index is 514. The minimum atomic E-state index is -0.842. The molecule has 2 N–H and O–H groups in total. The van der Waals surface area contributed by atoms with Crippen molar-refractivity contribution >= 4 is 24.2 Å². The van der Waals surface area contributed by atoms with E-state index in [-0.39, 0.29) is 11.3 Å². The largest absolute Gasteiger partial charge is 0.491 e. The molecule has 4 nitrogen and oxygen atoms in total. The zero-order valence-corrected chi connectivity index (χ0v) is 11.9. The zero-order chi connectivity index (χ0) is 14.2. The van der Waals surface area contributed by atoms with Gasteiger partial charge in [0.1, 0.15) is 0 Å². The van der Waals surface area contributed by atoms with E-state index < -0.39 is 7.12 Å². The summed E-state index contributed by atoms with van der Waals surface area (Å²) in [5, 5.41) is 12.6. The lowest BCUT2D eigenvalue weighted by Crippen LogP contribution is -2.31. The fraction of sp³-hybridized carbons (Fsp3) is 0.500. The second-order valence-electron chi connectivity index (χ2n) is 5.66. The maximum absolute atomic E-state index is 12.2. The highest BCUT2D eigenvalue weighted by Crippen LogP contribution is 2.26. The quantitative estimate of drug-likeness (QED) is 0.812. The second kappa shape index (κ2) is 4.98. The number of carbonyl (C=O) groups is 1. The highest BCUT2D eigenvalue weighted by Gasteiger charge is 2.30. The van der Waals surface area contributed by atoms with E-state index in [1.807, 2.05) is 39.8 Å². The van der Waals surface area contributed by atoms with Crippen LogP contribution >= 0.6 is 0 Å². The summed E-state index contributed by atoms with van der Waals surface area (Å²) in [6, 6.07) is 3.64. The van der Waals surface area contributed by atoms with E-state index in [9.17, 15) is 9.82 Å². The SMILES string of the molecule is CCC(C)(C)C(=O)Nc1ccc2c(c1C)COB2O. The summed E-state index contributed by atoms with van der Waals surface area (Å²) in [6.07, 6.45) is 0.782. The molecule has 0 atom stereocenters. The van der Waals surface area contributed by atoms with Crippen LogP contribution in [0.15, 0.2) is 12.1 Å². The topological polar surface area (TPSA) is 58.6 Å². The van der Waals surface area contributed by atoms with Gasteiger partial charge in [0.05, 0.1) is 6.61 Å². The van der Waals surface area contributed by atoms with Crippen molar-refractivity contribution in [3.8, 4) is 0 Å². The molecule has 1 aromatic carbocycles. The first-order valence-electron chi connectivity index (χ1n) is 6.60. The van der Waals surface area contributed by atoms with Gasteiger partial charge in [0, 0.05) is 11.1 Å². The minimum absolute atomic E-state index is 0.0116. The van der Waals surface area contributed by atoms with Crippen molar-refractivity contribution < 1.29 is 14.5 Å². The smallest absolute Gasteiger partial charge is 0.423 e. The van der Waals surface area contributed by atoms with Crippen molar-refractivity contribution in [1.82, 2.24) is 0 Å². The van der Waals surface area contributed by atoms with Gasteiger partial charge in [0.2, 0.25) is 5.91 Å². The molecular formula is C14H20BNO3. The predicted octanol–water partition coefficient (Wildman–Crippen LogP) is 1.59. The molecular weight excluding hydrogens is 241 g/mol. The summed E-state index contributed by atoms with van der Waals surface area (Å²) < 4.78 is 5.20. The van der Waals surface area contributed by atoms with Crippen LogP contribution in [0.2, 0.25) is 0 Å². The summed E-state index contributed by atoms with van der Waals surface area (Å²) in [4.78, 5) is 12.2. The summed E-state index contributed by atoms with van der Waals surface area (Å²) in [7, 11) is -0.842. The van der Waals surface area contributed by atoms with Gasteiger partial charge in [-0.05, 0) is 36.0 Å². The number of carbonyl (C=O) groups excluding carboxylic acids is 1. The summed E-state index contributed by atoms with van der Waals surface area (Å²) in [5.41, 5.74) is 3.14. The minimum Gasteiger partial charge on any atom is -0.423 e. The van der Waals surface area contributed by atoms with Gasteiger partial charge in [-0.1, -0.05) is 26.8 Å². The number of nitrogens with one attached hydrogen (secondary N) is 1. The number of anilines is 1. The van der Waals surface area contributed by atoms with Gasteiger partial charge in [0.25, 0.3) is 0 Å². The van der Waals surface area contributed by atoms with E-state index in [0.29, 0.717) is 6.61 Å². The maximum atomic E-state index is 12.2. The average Bonchev–Trinajstić information content (AvgIpc) is 2.75. The Labute approximate surface area is 114 Å². The van der Waals surface area contributed by atoms with Crippen molar-refractivity contribution in [2.24, 2.45) is 5.41 Å².